The molecule has 35 heavy (non-hydrogen) atoms. The van der Waals surface area contributed by atoms with E-state index in [1.807, 2.05) is 42.7 Å². The summed E-state index contributed by atoms with van der Waals surface area (Å²) < 4.78 is 40.2. The molecule has 1 heterocycles. The van der Waals surface area contributed by atoms with Gasteiger partial charge in [-0.25, -0.2) is 9.18 Å². The first-order chi connectivity index (χ1) is 16.7. The maximum Gasteiger partial charge on any atom is 0.331 e. The number of para-hydroxylation sites is 1. The first-order valence-electron chi connectivity index (χ1n) is 11.4. The van der Waals surface area contributed by atoms with Gasteiger partial charge in [-0.3, -0.25) is 4.57 Å². The van der Waals surface area contributed by atoms with Crippen molar-refractivity contribution in [1.29, 1.82) is 0 Å². The van der Waals surface area contributed by atoms with Crippen molar-refractivity contribution in [1.82, 2.24) is 4.57 Å². The van der Waals surface area contributed by atoms with Crippen LogP contribution in [0.1, 0.15) is 44.9 Å². The minimum Gasteiger partial charge on any atom is -0.497 e. The van der Waals surface area contributed by atoms with Gasteiger partial charge in [-0.05, 0) is 67.2 Å². The van der Waals surface area contributed by atoms with Gasteiger partial charge in [0.15, 0.2) is 0 Å². The third-order valence-corrected chi connectivity index (χ3v) is 7.09. The average molecular weight is 498 g/mol. The molecule has 0 aliphatic carbocycles. The number of carboxylic acid groups (broad SMARTS) is 1. The van der Waals surface area contributed by atoms with E-state index in [0.29, 0.717) is 11.4 Å². The van der Waals surface area contributed by atoms with Crippen LogP contribution in [0.5, 0.6) is 0 Å². The standard InChI is InChI=1S/C27H29FNO5P/c1-5-33-22(17-26(30)31)18-35(32,34-6-2)16-15-25-27(19(3)4)23-9-7-8-10-24(23)29(25)21-13-11-20(28)12-14-21/h7-14,17,19H,5-6,18H2,1-4H3,(H,30,31)/b22-17-. The van der Waals surface area contributed by atoms with Crippen molar-refractivity contribution < 1.29 is 28.1 Å². The fourth-order valence-corrected chi connectivity index (χ4v) is 5.48. The summed E-state index contributed by atoms with van der Waals surface area (Å²) in [5.41, 5.74) is 6.01. The second kappa shape index (κ2) is 11.4. The van der Waals surface area contributed by atoms with E-state index in [-0.39, 0.29) is 36.9 Å². The topological polar surface area (TPSA) is 77.8 Å². The van der Waals surface area contributed by atoms with E-state index in [9.17, 15) is 13.8 Å². The molecule has 0 spiro atoms. The lowest BCUT2D eigenvalue weighted by Gasteiger charge is -2.15. The van der Waals surface area contributed by atoms with Gasteiger partial charge in [0.2, 0.25) is 0 Å². The average Bonchev–Trinajstić information content (AvgIpc) is 3.13. The van der Waals surface area contributed by atoms with Crippen molar-refractivity contribution in [3.05, 3.63) is 77.4 Å². The number of allylic oxidation sites excluding steroid dienone is 1. The molecule has 1 aromatic heterocycles. The number of aromatic nitrogens is 1. The van der Waals surface area contributed by atoms with Crippen molar-refractivity contribution in [2.45, 2.75) is 33.6 Å². The van der Waals surface area contributed by atoms with Crippen LogP contribution in [0.3, 0.4) is 0 Å². The van der Waals surface area contributed by atoms with Gasteiger partial charge in [0.1, 0.15) is 17.3 Å². The number of hydrogen-bond donors (Lipinski definition) is 1. The van der Waals surface area contributed by atoms with Crippen LogP contribution in [0, 0.1) is 17.4 Å². The molecule has 2 aromatic carbocycles. The first-order valence-corrected chi connectivity index (χ1v) is 13.2. The number of aliphatic carboxylic acids is 1. The van der Waals surface area contributed by atoms with Gasteiger partial charge >= 0.3 is 5.97 Å². The highest BCUT2D eigenvalue weighted by atomic mass is 31.2. The summed E-state index contributed by atoms with van der Waals surface area (Å²) in [4.78, 5) is 11.2. The zero-order valence-electron chi connectivity index (χ0n) is 20.2. The summed E-state index contributed by atoms with van der Waals surface area (Å²) in [5.74, 6) is 1.66. The van der Waals surface area contributed by atoms with Gasteiger partial charge in [-0.1, -0.05) is 32.0 Å². The van der Waals surface area contributed by atoms with E-state index >= 15 is 0 Å². The van der Waals surface area contributed by atoms with Crippen molar-refractivity contribution >= 4 is 24.2 Å². The van der Waals surface area contributed by atoms with Gasteiger partial charge < -0.3 is 18.9 Å². The van der Waals surface area contributed by atoms with E-state index in [1.165, 1.54) is 12.1 Å². The van der Waals surface area contributed by atoms with Crippen molar-refractivity contribution in [2.24, 2.45) is 0 Å². The van der Waals surface area contributed by atoms with E-state index in [1.54, 1.807) is 26.0 Å². The monoisotopic (exact) mass is 497 g/mol. The van der Waals surface area contributed by atoms with Crippen LogP contribution >= 0.6 is 7.37 Å². The molecular formula is C27H29FNO5P. The summed E-state index contributed by atoms with van der Waals surface area (Å²) in [7, 11) is -3.63. The molecule has 1 unspecified atom stereocenters. The number of nitrogens with zero attached hydrogens (tertiary/aromatic N) is 1. The molecule has 0 bridgehead atoms. The molecule has 8 heteroatoms. The normalized spacial score (nSPS) is 13.4. The summed E-state index contributed by atoms with van der Waals surface area (Å²) in [6, 6.07) is 13.9. The molecule has 0 aliphatic heterocycles. The minimum absolute atomic E-state index is 0.0363. The quantitative estimate of drug-likeness (QED) is 0.158. The predicted molar refractivity (Wildman–Crippen MR) is 136 cm³/mol. The van der Waals surface area contributed by atoms with Crippen LogP contribution < -0.4 is 0 Å². The maximum atomic E-state index is 13.7. The highest BCUT2D eigenvalue weighted by molar-refractivity contribution is 7.64. The molecule has 3 rings (SSSR count). The number of hydrogen-bond acceptors (Lipinski definition) is 4. The third kappa shape index (κ3) is 6.22. The molecule has 0 aliphatic rings. The van der Waals surface area contributed by atoms with Crippen LogP contribution in [-0.4, -0.2) is 35.0 Å². The largest absolute Gasteiger partial charge is 0.497 e. The van der Waals surface area contributed by atoms with E-state index in [4.69, 9.17) is 14.4 Å². The highest BCUT2D eigenvalue weighted by Gasteiger charge is 2.25. The van der Waals surface area contributed by atoms with E-state index < -0.39 is 13.3 Å². The Balaban J connectivity index is 2.24. The Morgan fingerprint density at radius 3 is 2.43 bits per heavy atom. The van der Waals surface area contributed by atoms with Gasteiger partial charge in [-0.15, -0.1) is 0 Å². The van der Waals surface area contributed by atoms with Crippen LogP contribution in [0.15, 0.2) is 60.4 Å². The van der Waals surface area contributed by atoms with Gasteiger partial charge in [-0.2, -0.15) is 0 Å². The first kappa shape index (κ1) is 26.3. The Bertz CT molecular complexity index is 1350. The van der Waals surface area contributed by atoms with Crippen molar-refractivity contribution in [3.63, 3.8) is 0 Å². The number of ether oxygens (including phenoxy) is 1. The lowest BCUT2D eigenvalue weighted by Crippen LogP contribution is -2.05. The smallest absolute Gasteiger partial charge is 0.331 e. The zero-order chi connectivity index (χ0) is 25.6. The molecule has 0 amide bonds. The molecule has 3 aromatic rings. The van der Waals surface area contributed by atoms with Gasteiger partial charge in [0.05, 0.1) is 31.0 Å². The summed E-state index contributed by atoms with van der Waals surface area (Å²) >= 11 is 0. The second-order valence-corrected chi connectivity index (χ2v) is 10.3. The molecule has 1 atom stereocenters. The van der Waals surface area contributed by atoms with Crippen molar-refractivity contribution in [3.8, 4) is 17.3 Å². The number of halogens is 1. The van der Waals surface area contributed by atoms with Crippen LogP contribution in [0.2, 0.25) is 0 Å². The Morgan fingerprint density at radius 2 is 1.83 bits per heavy atom. The van der Waals surface area contributed by atoms with Crippen LogP contribution in [0.4, 0.5) is 4.39 Å². The summed E-state index contributed by atoms with van der Waals surface area (Å²) in [6.07, 6.45) is 0.619. The molecule has 0 saturated carbocycles. The molecule has 184 valence electrons. The Kier molecular flexibility index (Phi) is 8.56. The number of carbonyl (C=O) groups is 1. The zero-order valence-corrected chi connectivity index (χ0v) is 21.1. The molecular weight excluding hydrogens is 468 g/mol. The second-order valence-electron chi connectivity index (χ2n) is 8.11. The maximum absolute atomic E-state index is 13.7. The molecule has 0 saturated heterocycles. The van der Waals surface area contributed by atoms with Crippen LogP contribution in [-0.2, 0) is 18.6 Å². The summed E-state index contributed by atoms with van der Waals surface area (Å²) in [5, 5.41) is 10.1. The van der Waals surface area contributed by atoms with Crippen LogP contribution in [0.25, 0.3) is 16.6 Å². The number of rotatable bonds is 9. The highest BCUT2D eigenvalue weighted by Crippen LogP contribution is 2.48. The number of carboxylic acids is 1. The third-order valence-electron chi connectivity index (χ3n) is 5.24. The predicted octanol–water partition coefficient (Wildman–Crippen LogP) is 6.52. The Morgan fingerprint density at radius 1 is 1.14 bits per heavy atom. The molecule has 0 radical (unpaired) electrons. The summed E-state index contributed by atoms with van der Waals surface area (Å²) in [6.45, 7) is 7.86. The van der Waals surface area contributed by atoms with Gasteiger partial charge in [0, 0.05) is 11.1 Å². The SMILES string of the molecule is CCO/C(=C\C(=O)O)CP(=O)(C#Cc1c(C(C)C)c2ccccc2n1-c1ccc(F)cc1)OCC. The fourth-order valence-electron chi connectivity index (χ4n) is 3.96. The van der Waals surface area contributed by atoms with Crippen molar-refractivity contribution in [2.75, 3.05) is 19.4 Å². The van der Waals surface area contributed by atoms with Gasteiger partial charge in [0.25, 0.3) is 7.37 Å². The minimum atomic E-state index is -3.63. The molecule has 6 nitrogen and oxygen atoms in total. The Labute approximate surface area is 204 Å². The molecule has 1 N–H and O–H groups in total. The fraction of sp³-hybridized carbons (Fsp3) is 0.296. The lowest BCUT2D eigenvalue weighted by molar-refractivity contribution is -0.131. The number of fused-ring (bicyclic) bond motifs is 1. The van der Waals surface area contributed by atoms with E-state index in [2.05, 4.69) is 11.6 Å². The van der Waals surface area contributed by atoms with E-state index in [0.717, 1.165) is 22.5 Å². The lowest BCUT2D eigenvalue weighted by atomic mass is 9.99. The molecule has 0 fully saturated rings. The Hall–Kier alpha value is -3.33. The number of benzene rings is 2.